The van der Waals surface area contributed by atoms with Crippen molar-refractivity contribution in [1.29, 1.82) is 0 Å². The third-order valence-electron chi connectivity index (χ3n) is 2.71. The van der Waals surface area contributed by atoms with Gasteiger partial charge >= 0.3 is 0 Å². The molecule has 0 aliphatic heterocycles. The molecule has 1 aromatic heterocycles. The van der Waals surface area contributed by atoms with E-state index in [0.717, 1.165) is 12.2 Å². The third-order valence-corrected chi connectivity index (χ3v) is 2.71. The minimum Gasteiger partial charge on any atom is -0.309 e. The van der Waals surface area contributed by atoms with Gasteiger partial charge in [-0.3, -0.25) is 4.68 Å². The lowest BCUT2D eigenvalue weighted by Crippen LogP contribution is -2.18. The molecule has 3 heteroatoms. The summed E-state index contributed by atoms with van der Waals surface area (Å²) >= 11 is 0. The lowest BCUT2D eigenvalue weighted by atomic mass is 10.1. The molecule has 0 bridgehead atoms. The van der Waals surface area contributed by atoms with Gasteiger partial charge in [0.05, 0.1) is 11.2 Å². The standard InChI is InChI=1S/C12H17N3/c1-4-13-9(2)12-10-7-5-6-8-11(10)15(3)14-12/h5-9,13H,4H2,1-3H3. The van der Waals surface area contributed by atoms with Crippen molar-refractivity contribution < 1.29 is 0 Å². The molecule has 2 aromatic rings. The van der Waals surface area contributed by atoms with Crippen molar-refractivity contribution in [3.05, 3.63) is 30.0 Å². The maximum Gasteiger partial charge on any atom is 0.0869 e. The van der Waals surface area contributed by atoms with E-state index in [1.807, 2.05) is 17.8 Å². The van der Waals surface area contributed by atoms with Gasteiger partial charge in [-0.25, -0.2) is 0 Å². The van der Waals surface area contributed by atoms with Crippen molar-refractivity contribution in [1.82, 2.24) is 15.1 Å². The molecule has 1 heterocycles. The van der Waals surface area contributed by atoms with Gasteiger partial charge in [0.1, 0.15) is 0 Å². The molecule has 0 saturated heterocycles. The Bertz CT molecular complexity index is 459. The van der Waals surface area contributed by atoms with Gasteiger partial charge in [0.15, 0.2) is 0 Å². The van der Waals surface area contributed by atoms with Crippen LogP contribution in [0.1, 0.15) is 25.6 Å². The van der Waals surface area contributed by atoms with E-state index < -0.39 is 0 Å². The summed E-state index contributed by atoms with van der Waals surface area (Å²) in [4.78, 5) is 0. The largest absolute Gasteiger partial charge is 0.309 e. The number of para-hydroxylation sites is 1. The van der Waals surface area contributed by atoms with Gasteiger partial charge in [-0.2, -0.15) is 5.10 Å². The van der Waals surface area contributed by atoms with Crippen LogP contribution < -0.4 is 5.32 Å². The van der Waals surface area contributed by atoms with E-state index in [1.54, 1.807) is 0 Å². The fraction of sp³-hybridized carbons (Fsp3) is 0.417. The minimum atomic E-state index is 0.307. The molecule has 1 N–H and O–H groups in total. The van der Waals surface area contributed by atoms with Crippen LogP contribution >= 0.6 is 0 Å². The molecule has 0 saturated carbocycles. The predicted octanol–water partition coefficient (Wildman–Crippen LogP) is 2.24. The maximum absolute atomic E-state index is 4.56. The zero-order valence-electron chi connectivity index (χ0n) is 9.49. The summed E-state index contributed by atoms with van der Waals surface area (Å²) in [5.41, 5.74) is 2.33. The van der Waals surface area contributed by atoms with Gasteiger partial charge in [-0.1, -0.05) is 25.1 Å². The molecule has 0 amide bonds. The Morgan fingerprint density at radius 1 is 1.40 bits per heavy atom. The van der Waals surface area contributed by atoms with E-state index in [4.69, 9.17) is 0 Å². The average Bonchev–Trinajstić information content (AvgIpc) is 2.58. The van der Waals surface area contributed by atoms with Crippen LogP contribution in [-0.2, 0) is 7.05 Å². The molecule has 2 rings (SSSR count). The highest BCUT2D eigenvalue weighted by atomic mass is 15.3. The van der Waals surface area contributed by atoms with E-state index in [1.165, 1.54) is 10.9 Å². The number of hydrogen-bond donors (Lipinski definition) is 1. The van der Waals surface area contributed by atoms with Crippen LogP contribution in [-0.4, -0.2) is 16.3 Å². The third kappa shape index (κ3) is 1.75. The fourth-order valence-corrected chi connectivity index (χ4v) is 1.96. The Labute approximate surface area is 90.1 Å². The van der Waals surface area contributed by atoms with Gasteiger partial charge in [0.25, 0.3) is 0 Å². The molecule has 3 nitrogen and oxygen atoms in total. The number of fused-ring (bicyclic) bond motifs is 1. The zero-order valence-corrected chi connectivity index (χ0v) is 9.49. The first-order valence-corrected chi connectivity index (χ1v) is 5.39. The summed E-state index contributed by atoms with van der Waals surface area (Å²) in [6.45, 7) is 5.23. The molecule has 0 radical (unpaired) electrons. The van der Waals surface area contributed by atoms with Crippen LogP contribution in [0, 0.1) is 0 Å². The summed E-state index contributed by atoms with van der Waals surface area (Å²) in [6, 6.07) is 8.65. The second kappa shape index (κ2) is 4.03. The molecular formula is C12H17N3. The highest BCUT2D eigenvalue weighted by Gasteiger charge is 2.13. The molecule has 15 heavy (non-hydrogen) atoms. The van der Waals surface area contributed by atoms with Crippen molar-refractivity contribution in [2.24, 2.45) is 7.05 Å². The number of nitrogens with zero attached hydrogens (tertiary/aromatic N) is 2. The summed E-state index contributed by atoms with van der Waals surface area (Å²) in [7, 11) is 1.99. The Morgan fingerprint density at radius 2 is 2.13 bits per heavy atom. The maximum atomic E-state index is 4.56. The molecule has 1 aromatic carbocycles. The Kier molecular flexibility index (Phi) is 2.73. The van der Waals surface area contributed by atoms with Crippen molar-refractivity contribution in [2.45, 2.75) is 19.9 Å². The minimum absolute atomic E-state index is 0.307. The van der Waals surface area contributed by atoms with Crippen molar-refractivity contribution in [2.75, 3.05) is 6.54 Å². The first-order valence-electron chi connectivity index (χ1n) is 5.39. The van der Waals surface area contributed by atoms with Gasteiger partial charge in [0.2, 0.25) is 0 Å². The zero-order chi connectivity index (χ0) is 10.8. The number of aromatic nitrogens is 2. The topological polar surface area (TPSA) is 29.9 Å². The first kappa shape index (κ1) is 10.2. The van der Waals surface area contributed by atoms with E-state index in [-0.39, 0.29) is 0 Å². The van der Waals surface area contributed by atoms with E-state index >= 15 is 0 Å². The van der Waals surface area contributed by atoms with Crippen LogP contribution in [0.3, 0.4) is 0 Å². The number of nitrogens with one attached hydrogen (secondary N) is 1. The quantitative estimate of drug-likeness (QED) is 0.829. The SMILES string of the molecule is CCNC(C)c1nn(C)c2ccccc12. The number of benzene rings is 1. The number of hydrogen-bond acceptors (Lipinski definition) is 2. The smallest absolute Gasteiger partial charge is 0.0869 e. The van der Waals surface area contributed by atoms with Crippen molar-refractivity contribution in [3.63, 3.8) is 0 Å². The monoisotopic (exact) mass is 203 g/mol. The van der Waals surface area contributed by atoms with Crippen molar-refractivity contribution in [3.8, 4) is 0 Å². The summed E-state index contributed by atoms with van der Waals surface area (Å²) in [6.07, 6.45) is 0. The van der Waals surface area contributed by atoms with Crippen LogP contribution in [0.15, 0.2) is 24.3 Å². The van der Waals surface area contributed by atoms with Gasteiger partial charge in [-0.05, 0) is 19.5 Å². The molecule has 80 valence electrons. The second-order valence-corrected chi connectivity index (χ2v) is 3.81. The van der Waals surface area contributed by atoms with Gasteiger partial charge < -0.3 is 5.32 Å². The average molecular weight is 203 g/mol. The van der Waals surface area contributed by atoms with Gasteiger partial charge in [0, 0.05) is 18.5 Å². The Hall–Kier alpha value is -1.35. The molecule has 1 unspecified atom stereocenters. The molecule has 0 aliphatic rings. The second-order valence-electron chi connectivity index (χ2n) is 3.81. The molecule has 1 atom stereocenters. The molecular weight excluding hydrogens is 186 g/mol. The molecule has 0 aliphatic carbocycles. The highest BCUT2D eigenvalue weighted by Crippen LogP contribution is 2.22. The summed E-state index contributed by atoms with van der Waals surface area (Å²) in [5.74, 6) is 0. The summed E-state index contributed by atoms with van der Waals surface area (Å²) in [5, 5.41) is 9.20. The fourth-order valence-electron chi connectivity index (χ4n) is 1.96. The number of rotatable bonds is 3. The molecule has 0 fully saturated rings. The first-order chi connectivity index (χ1) is 7.24. The molecule has 0 spiro atoms. The predicted molar refractivity (Wildman–Crippen MR) is 62.8 cm³/mol. The normalized spacial score (nSPS) is 13.3. The van der Waals surface area contributed by atoms with Gasteiger partial charge in [-0.15, -0.1) is 0 Å². The highest BCUT2D eigenvalue weighted by molar-refractivity contribution is 5.82. The number of aryl methyl sites for hydroxylation is 1. The Morgan fingerprint density at radius 3 is 2.87 bits per heavy atom. The van der Waals surface area contributed by atoms with Crippen LogP contribution in [0.5, 0.6) is 0 Å². The van der Waals surface area contributed by atoms with Crippen LogP contribution in [0.25, 0.3) is 10.9 Å². The van der Waals surface area contributed by atoms with E-state index in [0.29, 0.717) is 6.04 Å². The van der Waals surface area contributed by atoms with Crippen LogP contribution in [0.2, 0.25) is 0 Å². The van der Waals surface area contributed by atoms with E-state index in [9.17, 15) is 0 Å². The van der Waals surface area contributed by atoms with E-state index in [2.05, 4.69) is 42.5 Å². The lowest BCUT2D eigenvalue weighted by Gasteiger charge is -2.09. The summed E-state index contributed by atoms with van der Waals surface area (Å²) < 4.78 is 1.94. The van der Waals surface area contributed by atoms with Crippen molar-refractivity contribution >= 4 is 10.9 Å². The Balaban J connectivity index is 2.52. The lowest BCUT2D eigenvalue weighted by molar-refractivity contribution is 0.574. The van der Waals surface area contributed by atoms with Crippen LogP contribution in [0.4, 0.5) is 0 Å².